The molecule has 0 N–H and O–H groups in total. The summed E-state index contributed by atoms with van der Waals surface area (Å²) >= 11 is 1.85. The van der Waals surface area contributed by atoms with Crippen LogP contribution in [0.1, 0.15) is 60.8 Å². The van der Waals surface area contributed by atoms with E-state index in [-0.39, 0.29) is 11.5 Å². The molecule has 0 bridgehead atoms. The van der Waals surface area contributed by atoms with Crippen LogP contribution in [0.3, 0.4) is 0 Å². The summed E-state index contributed by atoms with van der Waals surface area (Å²) in [7, 11) is -2.85. The topological polar surface area (TPSA) is 63.2 Å². The van der Waals surface area contributed by atoms with E-state index in [0.717, 1.165) is 28.3 Å². The molecule has 3 heterocycles. The lowest BCUT2D eigenvalue weighted by Gasteiger charge is -2.27. The molecule has 3 aliphatic rings. The van der Waals surface area contributed by atoms with Gasteiger partial charge in [-0.2, -0.15) is 0 Å². The lowest BCUT2D eigenvalue weighted by Crippen LogP contribution is -2.39. The zero-order chi connectivity index (χ0) is 18.6. The Kier molecular flexibility index (Phi) is 4.33. The van der Waals surface area contributed by atoms with E-state index >= 15 is 0 Å². The maximum Gasteiger partial charge on any atom is 0.152 e. The van der Waals surface area contributed by atoms with Crippen LogP contribution in [-0.2, 0) is 16.4 Å². The quantitative estimate of drug-likeness (QED) is 0.780. The number of aryl methyl sites for hydroxylation is 1. The van der Waals surface area contributed by atoms with Crippen molar-refractivity contribution in [2.45, 2.75) is 57.9 Å². The predicted molar refractivity (Wildman–Crippen MR) is 109 cm³/mol. The molecule has 27 heavy (non-hydrogen) atoms. The van der Waals surface area contributed by atoms with E-state index in [1.54, 1.807) is 0 Å². The third-order valence-corrected chi connectivity index (χ3v) is 9.62. The molecule has 1 spiro atoms. The summed E-state index contributed by atoms with van der Waals surface area (Å²) in [5.41, 5.74) is 1.79. The Morgan fingerprint density at radius 2 is 1.85 bits per heavy atom. The SMILES string of the molecule is Cc1nc(CN2CCS(=O)(=O)CC2)c2cc(C3CCC4(CC3)CC4)sc2n1. The smallest absolute Gasteiger partial charge is 0.152 e. The van der Waals surface area contributed by atoms with Gasteiger partial charge in [-0.1, -0.05) is 0 Å². The zero-order valence-electron chi connectivity index (χ0n) is 15.9. The molecule has 0 aromatic carbocycles. The van der Waals surface area contributed by atoms with Crippen LogP contribution in [0.15, 0.2) is 6.07 Å². The average Bonchev–Trinajstić information content (AvgIpc) is 3.23. The van der Waals surface area contributed by atoms with E-state index in [2.05, 4.69) is 11.0 Å². The van der Waals surface area contributed by atoms with Gasteiger partial charge in [-0.25, -0.2) is 18.4 Å². The number of hydrogen-bond acceptors (Lipinski definition) is 6. The number of fused-ring (bicyclic) bond motifs is 1. The van der Waals surface area contributed by atoms with Crippen molar-refractivity contribution in [3.8, 4) is 0 Å². The molecule has 1 saturated heterocycles. The van der Waals surface area contributed by atoms with Crippen molar-refractivity contribution in [2.24, 2.45) is 5.41 Å². The second kappa shape index (κ2) is 6.49. The number of sulfone groups is 1. The molecule has 0 amide bonds. The van der Waals surface area contributed by atoms with Crippen LogP contribution in [0.5, 0.6) is 0 Å². The maximum atomic E-state index is 11.7. The minimum atomic E-state index is -2.85. The van der Waals surface area contributed by atoms with Gasteiger partial charge in [-0.05, 0) is 62.8 Å². The molecule has 2 aromatic rings. The van der Waals surface area contributed by atoms with Gasteiger partial charge in [-0.3, -0.25) is 4.90 Å². The first-order valence-electron chi connectivity index (χ1n) is 10.1. The molecule has 2 aliphatic carbocycles. The average molecular weight is 406 g/mol. The minimum absolute atomic E-state index is 0.263. The molecule has 7 heteroatoms. The first-order valence-corrected chi connectivity index (χ1v) is 12.8. The normalized spacial score (nSPS) is 25.2. The van der Waals surface area contributed by atoms with Gasteiger partial charge in [0.2, 0.25) is 0 Å². The maximum absolute atomic E-state index is 11.7. The highest BCUT2D eigenvalue weighted by Crippen LogP contribution is 2.59. The Morgan fingerprint density at radius 1 is 1.15 bits per heavy atom. The Labute approximate surface area is 165 Å². The van der Waals surface area contributed by atoms with Gasteiger partial charge in [0.1, 0.15) is 10.7 Å². The zero-order valence-corrected chi connectivity index (χ0v) is 17.5. The lowest BCUT2D eigenvalue weighted by atomic mass is 9.79. The highest BCUT2D eigenvalue weighted by molar-refractivity contribution is 7.91. The molecule has 5 nitrogen and oxygen atoms in total. The molecule has 0 radical (unpaired) electrons. The van der Waals surface area contributed by atoms with Crippen molar-refractivity contribution in [1.82, 2.24) is 14.9 Å². The Morgan fingerprint density at radius 3 is 2.52 bits per heavy atom. The van der Waals surface area contributed by atoms with Crippen LogP contribution in [-0.4, -0.2) is 47.9 Å². The van der Waals surface area contributed by atoms with E-state index in [1.165, 1.54) is 48.8 Å². The van der Waals surface area contributed by atoms with Crippen LogP contribution < -0.4 is 0 Å². The third kappa shape index (κ3) is 3.66. The van der Waals surface area contributed by atoms with Crippen molar-refractivity contribution in [2.75, 3.05) is 24.6 Å². The monoisotopic (exact) mass is 405 g/mol. The number of nitrogens with zero attached hydrogens (tertiary/aromatic N) is 3. The molecular weight excluding hydrogens is 378 g/mol. The molecule has 2 aromatic heterocycles. The molecule has 3 fully saturated rings. The highest BCUT2D eigenvalue weighted by atomic mass is 32.2. The largest absolute Gasteiger partial charge is 0.295 e. The Bertz CT molecular complexity index is 955. The van der Waals surface area contributed by atoms with Crippen LogP contribution in [0.2, 0.25) is 0 Å². The predicted octanol–water partition coefficient (Wildman–Crippen LogP) is 3.67. The summed E-state index contributed by atoms with van der Waals surface area (Å²) in [6.07, 6.45) is 8.33. The first kappa shape index (κ1) is 18.0. The summed E-state index contributed by atoms with van der Waals surface area (Å²) in [5, 5.41) is 1.18. The van der Waals surface area contributed by atoms with Crippen LogP contribution in [0.25, 0.3) is 10.2 Å². The van der Waals surface area contributed by atoms with E-state index in [1.807, 2.05) is 18.3 Å². The molecule has 146 valence electrons. The van der Waals surface area contributed by atoms with Gasteiger partial charge in [0.05, 0.1) is 17.2 Å². The van der Waals surface area contributed by atoms with E-state index < -0.39 is 9.84 Å². The minimum Gasteiger partial charge on any atom is -0.295 e. The summed E-state index contributed by atoms with van der Waals surface area (Å²) in [5.74, 6) is 2.03. The second-order valence-electron chi connectivity index (χ2n) is 8.79. The fourth-order valence-corrected chi connectivity index (χ4v) is 7.29. The van der Waals surface area contributed by atoms with E-state index in [0.29, 0.717) is 19.0 Å². The number of thiophene rings is 1. The number of rotatable bonds is 3. The number of aromatic nitrogens is 2. The summed E-state index contributed by atoms with van der Waals surface area (Å²) in [6.45, 7) is 3.89. The summed E-state index contributed by atoms with van der Waals surface area (Å²) < 4.78 is 23.4. The van der Waals surface area contributed by atoms with Gasteiger partial charge in [0.25, 0.3) is 0 Å². The highest BCUT2D eigenvalue weighted by Gasteiger charge is 2.45. The molecule has 2 saturated carbocycles. The van der Waals surface area contributed by atoms with Crippen molar-refractivity contribution in [3.63, 3.8) is 0 Å². The fraction of sp³-hybridized carbons (Fsp3) is 0.700. The van der Waals surface area contributed by atoms with Crippen molar-refractivity contribution >= 4 is 31.4 Å². The van der Waals surface area contributed by atoms with Crippen LogP contribution >= 0.6 is 11.3 Å². The number of hydrogen-bond donors (Lipinski definition) is 0. The summed E-state index contributed by atoms with van der Waals surface area (Å²) in [4.78, 5) is 14.2. The van der Waals surface area contributed by atoms with Gasteiger partial charge in [0, 0.05) is 29.9 Å². The third-order valence-electron chi connectivity index (χ3n) is 6.82. The molecular formula is C20H27N3O2S2. The summed E-state index contributed by atoms with van der Waals surface area (Å²) in [6, 6.07) is 2.34. The molecule has 0 unspecified atom stereocenters. The van der Waals surface area contributed by atoms with E-state index in [9.17, 15) is 8.42 Å². The van der Waals surface area contributed by atoms with Gasteiger partial charge >= 0.3 is 0 Å². The van der Waals surface area contributed by atoms with Crippen molar-refractivity contribution in [1.29, 1.82) is 0 Å². The standard InChI is InChI=1S/C20H27N3O2S2/c1-14-21-17(13-23-8-10-27(24,25)11-9-23)16-12-18(26-19(16)22-14)15-2-4-20(5-3-15)6-7-20/h12,15H,2-11,13H2,1H3. The van der Waals surface area contributed by atoms with Crippen LogP contribution in [0.4, 0.5) is 0 Å². The Balaban J connectivity index is 1.38. The van der Waals surface area contributed by atoms with E-state index in [4.69, 9.17) is 9.97 Å². The molecule has 1 aliphatic heterocycles. The van der Waals surface area contributed by atoms with Gasteiger partial charge < -0.3 is 0 Å². The fourth-order valence-electron chi connectivity index (χ4n) is 4.75. The van der Waals surface area contributed by atoms with Crippen molar-refractivity contribution < 1.29 is 8.42 Å². The van der Waals surface area contributed by atoms with Gasteiger partial charge in [-0.15, -0.1) is 11.3 Å². The Hall–Kier alpha value is -1.05. The molecule has 5 rings (SSSR count). The first-order chi connectivity index (χ1) is 12.9. The molecule has 0 atom stereocenters. The van der Waals surface area contributed by atoms with Gasteiger partial charge in [0.15, 0.2) is 9.84 Å². The lowest BCUT2D eigenvalue weighted by molar-refractivity contribution is 0.285. The van der Waals surface area contributed by atoms with Crippen LogP contribution in [0, 0.1) is 12.3 Å². The van der Waals surface area contributed by atoms with Crippen molar-refractivity contribution in [3.05, 3.63) is 22.5 Å². The second-order valence-corrected chi connectivity index (χ2v) is 12.2.